The minimum atomic E-state index is -0.994. The van der Waals surface area contributed by atoms with Crippen molar-refractivity contribution in [2.24, 2.45) is 0 Å². The van der Waals surface area contributed by atoms with Gasteiger partial charge in [0.2, 0.25) is 5.88 Å². The Hall–Kier alpha value is -2.37. The summed E-state index contributed by atoms with van der Waals surface area (Å²) in [4.78, 5) is 26.4. The van der Waals surface area contributed by atoms with Gasteiger partial charge < -0.3 is 14.4 Å². The van der Waals surface area contributed by atoms with Crippen LogP contribution in [-0.2, 0) is 11.3 Å². The summed E-state index contributed by atoms with van der Waals surface area (Å²) in [5.74, 6) is -0.745. The molecule has 0 unspecified atom stereocenters. The van der Waals surface area contributed by atoms with Crippen LogP contribution in [0, 0.1) is 0 Å². The number of nitrogens with zero attached hydrogens (tertiary/aromatic N) is 2. The fourth-order valence-electron chi connectivity index (χ4n) is 1.81. The topological polar surface area (TPSA) is 81.4 Å². The van der Waals surface area contributed by atoms with E-state index in [9.17, 15) is 9.59 Å². The molecule has 0 radical (unpaired) electrons. The Morgan fingerprint density at radius 1 is 1.44 bits per heavy atom. The standard InChI is InChI=1S/C12H12N2O4/c1-7(15)9-5-14(6-11(16)17)12-8(9)3-4-10(13-12)18-2/h3-5H,6H2,1-2H3,(H,16,17). The molecule has 2 aromatic rings. The second-order valence-corrected chi connectivity index (χ2v) is 3.85. The molecular weight excluding hydrogens is 236 g/mol. The number of carbonyl (C=O) groups excluding carboxylic acids is 1. The first-order chi connectivity index (χ1) is 8.52. The fraction of sp³-hybridized carbons (Fsp3) is 0.250. The zero-order valence-electron chi connectivity index (χ0n) is 10.0. The number of fused-ring (bicyclic) bond motifs is 1. The molecule has 2 heterocycles. The van der Waals surface area contributed by atoms with Gasteiger partial charge >= 0.3 is 5.97 Å². The van der Waals surface area contributed by atoms with Gasteiger partial charge in [0.1, 0.15) is 12.2 Å². The lowest BCUT2D eigenvalue weighted by molar-refractivity contribution is -0.137. The summed E-state index contributed by atoms with van der Waals surface area (Å²) in [5.41, 5.74) is 0.892. The van der Waals surface area contributed by atoms with Crippen molar-refractivity contribution >= 4 is 22.8 Å². The summed E-state index contributed by atoms with van der Waals surface area (Å²) >= 11 is 0. The van der Waals surface area contributed by atoms with Gasteiger partial charge in [-0.25, -0.2) is 0 Å². The van der Waals surface area contributed by atoms with E-state index in [1.54, 1.807) is 12.1 Å². The van der Waals surface area contributed by atoms with Gasteiger partial charge in [-0.2, -0.15) is 4.98 Å². The molecule has 0 amide bonds. The maximum atomic E-state index is 11.5. The summed E-state index contributed by atoms with van der Waals surface area (Å²) in [7, 11) is 1.48. The highest BCUT2D eigenvalue weighted by molar-refractivity contribution is 6.06. The molecule has 0 aromatic carbocycles. The largest absolute Gasteiger partial charge is 0.481 e. The molecule has 94 valence electrons. The first-order valence-electron chi connectivity index (χ1n) is 5.29. The van der Waals surface area contributed by atoms with E-state index in [0.29, 0.717) is 22.5 Å². The van der Waals surface area contributed by atoms with E-state index in [-0.39, 0.29) is 12.3 Å². The Kier molecular flexibility index (Phi) is 3.01. The number of carboxylic acids is 1. The van der Waals surface area contributed by atoms with Crippen LogP contribution >= 0.6 is 0 Å². The summed E-state index contributed by atoms with van der Waals surface area (Å²) in [5, 5.41) is 9.47. The zero-order chi connectivity index (χ0) is 13.3. The van der Waals surface area contributed by atoms with Crippen LogP contribution in [0.2, 0.25) is 0 Å². The first-order valence-corrected chi connectivity index (χ1v) is 5.29. The van der Waals surface area contributed by atoms with Gasteiger partial charge in [0.05, 0.1) is 7.11 Å². The van der Waals surface area contributed by atoms with E-state index in [2.05, 4.69) is 4.98 Å². The fourth-order valence-corrected chi connectivity index (χ4v) is 1.81. The molecule has 0 spiro atoms. The van der Waals surface area contributed by atoms with Crippen LogP contribution in [0.1, 0.15) is 17.3 Å². The van der Waals surface area contributed by atoms with Crippen LogP contribution in [0.15, 0.2) is 18.3 Å². The number of ketones is 1. The minimum Gasteiger partial charge on any atom is -0.481 e. The first kappa shape index (κ1) is 12.1. The van der Waals surface area contributed by atoms with E-state index in [4.69, 9.17) is 9.84 Å². The Labute approximate surface area is 103 Å². The van der Waals surface area contributed by atoms with Crippen molar-refractivity contribution in [3.63, 3.8) is 0 Å². The molecule has 2 aromatic heterocycles. The highest BCUT2D eigenvalue weighted by Crippen LogP contribution is 2.23. The molecule has 6 heteroatoms. The molecule has 0 bridgehead atoms. The van der Waals surface area contributed by atoms with Crippen molar-refractivity contribution in [2.45, 2.75) is 13.5 Å². The van der Waals surface area contributed by atoms with Crippen molar-refractivity contribution in [1.82, 2.24) is 9.55 Å². The number of pyridine rings is 1. The van der Waals surface area contributed by atoms with Crippen LogP contribution in [0.3, 0.4) is 0 Å². The molecule has 0 fully saturated rings. The monoisotopic (exact) mass is 248 g/mol. The van der Waals surface area contributed by atoms with Crippen LogP contribution in [-0.4, -0.2) is 33.5 Å². The van der Waals surface area contributed by atoms with Gasteiger partial charge in [0.15, 0.2) is 5.78 Å². The third-order valence-electron chi connectivity index (χ3n) is 2.59. The number of ether oxygens (including phenoxy) is 1. The number of carboxylic acid groups (broad SMARTS) is 1. The predicted molar refractivity (Wildman–Crippen MR) is 63.9 cm³/mol. The zero-order valence-corrected chi connectivity index (χ0v) is 10.0. The van der Waals surface area contributed by atoms with E-state index in [1.165, 1.54) is 24.8 Å². The Balaban J connectivity index is 2.68. The second kappa shape index (κ2) is 4.48. The molecule has 2 rings (SSSR count). The van der Waals surface area contributed by atoms with Crippen molar-refractivity contribution in [2.75, 3.05) is 7.11 Å². The Morgan fingerprint density at radius 3 is 2.72 bits per heavy atom. The van der Waals surface area contributed by atoms with Crippen molar-refractivity contribution < 1.29 is 19.4 Å². The maximum Gasteiger partial charge on any atom is 0.323 e. The third-order valence-corrected chi connectivity index (χ3v) is 2.59. The lowest BCUT2D eigenvalue weighted by Crippen LogP contribution is -2.08. The summed E-state index contributed by atoms with van der Waals surface area (Å²) in [6.45, 7) is 1.19. The number of methoxy groups -OCH3 is 1. The molecule has 18 heavy (non-hydrogen) atoms. The quantitative estimate of drug-likeness (QED) is 0.825. The molecular formula is C12H12N2O4. The third kappa shape index (κ3) is 2.04. The van der Waals surface area contributed by atoms with E-state index < -0.39 is 5.97 Å². The minimum absolute atomic E-state index is 0.129. The molecule has 6 nitrogen and oxygen atoms in total. The molecule has 0 atom stereocenters. The number of Topliss-reactive ketones (excluding diaryl/α,β-unsaturated/α-hetero) is 1. The summed E-state index contributed by atoms with van der Waals surface area (Å²) in [6.07, 6.45) is 1.51. The number of hydrogen-bond acceptors (Lipinski definition) is 4. The number of rotatable bonds is 4. The Morgan fingerprint density at radius 2 is 2.17 bits per heavy atom. The molecule has 0 aliphatic rings. The average Bonchev–Trinajstić information content (AvgIpc) is 2.67. The van der Waals surface area contributed by atoms with Crippen LogP contribution in [0.25, 0.3) is 11.0 Å². The molecule has 0 saturated carbocycles. The lowest BCUT2D eigenvalue weighted by Gasteiger charge is -2.02. The number of carbonyl (C=O) groups is 2. The van der Waals surface area contributed by atoms with Gasteiger partial charge in [-0.15, -0.1) is 0 Å². The van der Waals surface area contributed by atoms with Crippen molar-refractivity contribution in [3.05, 3.63) is 23.9 Å². The number of aromatic nitrogens is 2. The van der Waals surface area contributed by atoms with Crippen molar-refractivity contribution in [1.29, 1.82) is 0 Å². The van der Waals surface area contributed by atoms with Crippen molar-refractivity contribution in [3.8, 4) is 5.88 Å². The summed E-state index contributed by atoms with van der Waals surface area (Å²) in [6, 6.07) is 3.34. The maximum absolute atomic E-state index is 11.5. The highest BCUT2D eigenvalue weighted by Gasteiger charge is 2.15. The smallest absolute Gasteiger partial charge is 0.323 e. The van der Waals surface area contributed by atoms with Crippen LogP contribution in [0.4, 0.5) is 0 Å². The normalized spacial score (nSPS) is 10.6. The van der Waals surface area contributed by atoms with Gasteiger partial charge in [0, 0.05) is 23.2 Å². The van der Waals surface area contributed by atoms with Gasteiger partial charge in [-0.3, -0.25) is 9.59 Å². The number of aliphatic carboxylic acids is 1. The van der Waals surface area contributed by atoms with Crippen LogP contribution < -0.4 is 4.74 Å². The van der Waals surface area contributed by atoms with Crippen LogP contribution in [0.5, 0.6) is 5.88 Å². The second-order valence-electron chi connectivity index (χ2n) is 3.85. The van der Waals surface area contributed by atoms with E-state index >= 15 is 0 Å². The number of hydrogen-bond donors (Lipinski definition) is 1. The van der Waals surface area contributed by atoms with Gasteiger partial charge in [0.25, 0.3) is 0 Å². The van der Waals surface area contributed by atoms with E-state index in [0.717, 1.165) is 0 Å². The molecule has 0 saturated heterocycles. The predicted octanol–water partition coefficient (Wildman–Crippen LogP) is 1.33. The highest BCUT2D eigenvalue weighted by atomic mass is 16.5. The Bertz CT molecular complexity index is 630. The molecule has 0 aliphatic heterocycles. The van der Waals surface area contributed by atoms with Gasteiger partial charge in [-0.05, 0) is 13.0 Å². The lowest BCUT2D eigenvalue weighted by atomic mass is 10.1. The van der Waals surface area contributed by atoms with E-state index in [1.807, 2.05) is 0 Å². The average molecular weight is 248 g/mol. The van der Waals surface area contributed by atoms with Gasteiger partial charge in [-0.1, -0.05) is 0 Å². The summed E-state index contributed by atoms with van der Waals surface area (Å²) < 4.78 is 6.42. The SMILES string of the molecule is COc1ccc2c(C(C)=O)cn(CC(=O)O)c2n1. The molecule has 0 aliphatic carbocycles. The molecule has 1 N–H and O–H groups in total.